The maximum atomic E-state index is 14.0. The van der Waals surface area contributed by atoms with Crippen molar-refractivity contribution in [1.82, 2.24) is 0 Å². The van der Waals surface area contributed by atoms with Crippen LogP contribution >= 0.6 is 0 Å². The van der Waals surface area contributed by atoms with Gasteiger partial charge < -0.3 is 4.74 Å². The average Bonchev–Trinajstić information content (AvgIpc) is 2.77. The lowest BCUT2D eigenvalue weighted by atomic mass is 10.1. The van der Waals surface area contributed by atoms with Crippen LogP contribution in [0.4, 0.5) is 17.6 Å². The number of benzene rings is 3. The Hall–Kier alpha value is -3.70. The van der Waals surface area contributed by atoms with E-state index in [4.69, 9.17) is 0 Å². The second-order valence-corrected chi connectivity index (χ2v) is 6.64. The molecule has 0 fully saturated rings. The van der Waals surface area contributed by atoms with Gasteiger partial charge in [0.2, 0.25) is 5.82 Å². The number of aryl methyl sites for hydroxylation is 1. The van der Waals surface area contributed by atoms with Gasteiger partial charge in [0.25, 0.3) is 0 Å². The molecule has 0 aliphatic carbocycles. The minimum atomic E-state index is -3.24. The van der Waals surface area contributed by atoms with Crippen molar-refractivity contribution >= 4 is 0 Å². The molecule has 0 saturated heterocycles. The lowest BCUT2D eigenvalue weighted by Crippen LogP contribution is -2.05. The first-order valence-electron chi connectivity index (χ1n) is 9.62. The summed E-state index contributed by atoms with van der Waals surface area (Å²) in [6.45, 7) is -1.11. The molecular weight excluding hydrogens is 404 g/mol. The Labute approximate surface area is 178 Å². The molecule has 0 saturated carbocycles. The highest BCUT2D eigenvalue weighted by atomic mass is 19.3. The molecule has 0 heterocycles. The summed E-state index contributed by atoms with van der Waals surface area (Å²) in [4.78, 5) is 0. The van der Waals surface area contributed by atoms with Crippen LogP contribution in [-0.4, -0.2) is 6.61 Å². The summed E-state index contributed by atoms with van der Waals surface area (Å²) in [7, 11) is 0. The van der Waals surface area contributed by atoms with Gasteiger partial charge in [-0.3, -0.25) is 0 Å². The smallest absolute Gasteiger partial charge is 0.387 e. The van der Waals surface area contributed by atoms with Gasteiger partial charge in [-0.05, 0) is 60.5 Å². The second kappa shape index (κ2) is 10.4. The predicted molar refractivity (Wildman–Crippen MR) is 112 cm³/mol. The molecule has 0 atom stereocenters. The Morgan fingerprint density at radius 3 is 1.74 bits per heavy atom. The fourth-order valence-corrected chi connectivity index (χ4v) is 2.78. The number of rotatable bonds is 4. The Morgan fingerprint density at radius 2 is 1.23 bits per heavy atom. The van der Waals surface area contributed by atoms with Crippen molar-refractivity contribution in [2.24, 2.45) is 0 Å². The van der Waals surface area contributed by atoms with Gasteiger partial charge in [-0.2, -0.15) is 13.2 Å². The molecule has 0 aliphatic rings. The molecule has 0 radical (unpaired) electrons. The Balaban J connectivity index is 1.71. The van der Waals surface area contributed by atoms with Crippen molar-refractivity contribution in [3.8, 4) is 29.4 Å². The maximum Gasteiger partial charge on any atom is 0.387 e. The van der Waals surface area contributed by atoms with E-state index in [0.29, 0.717) is 5.56 Å². The van der Waals surface area contributed by atoms with Gasteiger partial charge in [-0.1, -0.05) is 49.2 Å². The molecule has 0 spiro atoms. The number of hydrogen-bond acceptors (Lipinski definition) is 1. The molecule has 0 unspecified atom stereocenters. The van der Waals surface area contributed by atoms with Crippen LogP contribution in [0.5, 0.6) is 5.75 Å². The van der Waals surface area contributed by atoms with Crippen LogP contribution in [0.3, 0.4) is 0 Å². The standard InChI is InChI=1S/C26H18F4O/c1-2-3-18-4-6-19(7-5-18)8-9-20-10-12-21(13-11-20)14-15-22-16-17-23(31-26(29)30)25(28)24(22)27/h4-7,10-13,16-17,26H,2-3H2,1H3. The quantitative estimate of drug-likeness (QED) is 0.353. The molecule has 0 aromatic heterocycles. The minimum absolute atomic E-state index is 0.255. The summed E-state index contributed by atoms with van der Waals surface area (Å²) in [5.41, 5.74) is 3.30. The van der Waals surface area contributed by atoms with Crippen molar-refractivity contribution in [2.45, 2.75) is 26.4 Å². The molecule has 0 bridgehead atoms. The molecular formula is C26H18F4O. The zero-order valence-electron chi connectivity index (χ0n) is 16.7. The third-order valence-electron chi connectivity index (χ3n) is 4.33. The van der Waals surface area contributed by atoms with E-state index in [-0.39, 0.29) is 5.56 Å². The van der Waals surface area contributed by atoms with Gasteiger partial charge in [0, 0.05) is 16.7 Å². The van der Waals surface area contributed by atoms with Crippen LogP contribution < -0.4 is 4.74 Å². The third-order valence-corrected chi connectivity index (χ3v) is 4.33. The van der Waals surface area contributed by atoms with E-state index >= 15 is 0 Å². The summed E-state index contributed by atoms with van der Waals surface area (Å²) in [6, 6.07) is 17.1. The monoisotopic (exact) mass is 422 g/mol. The molecule has 5 heteroatoms. The zero-order chi connectivity index (χ0) is 22.2. The number of hydrogen-bond donors (Lipinski definition) is 0. The van der Waals surface area contributed by atoms with Crippen molar-refractivity contribution in [1.29, 1.82) is 0 Å². The summed E-state index contributed by atoms with van der Waals surface area (Å²) in [5, 5.41) is 0. The van der Waals surface area contributed by atoms with E-state index in [9.17, 15) is 17.6 Å². The van der Waals surface area contributed by atoms with E-state index in [2.05, 4.69) is 47.5 Å². The Bertz CT molecular complexity index is 1160. The predicted octanol–water partition coefficient (Wildman–Crippen LogP) is 6.32. The molecule has 3 aromatic carbocycles. The highest BCUT2D eigenvalue weighted by molar-refractivity contribution is 5.49. The molecule has 1 nitrogen and oxygen atoms in total. The molecule has 0 aliphatic heterocycles. The van der Waals surface area contributed by atoms with Crippen molar-refractivity contribution in [2.75, 3.05) is 0 Å². The number of ether oxygens (including phenoxy) is 1. The molecule has 156 valence electrons. The van der Waals surface area contributed by atoms with Gasteiger partial charge in [-0.25, -0.2) is 4.39 Å². The van der Waals surface area contributed by atoms with Gasteiger partial charge >= 0.3 is 6.61 Å². The first kappa shape index (κ1) is 22.0. The van der Waals surface area contributed by atoms with Crippen LogP contribution in [0.2, 0.25) is 0 Å². The van der Waals surface area contributed by atoms with Gasteiger partial charge in [0.15, 0.2) is 11.6 Å². The van der Waals surface area contributed by atoms with E-state index in [1.807, 2.05) is 12.1 Å². The lowest BCUT2D eigenvalue weighted by Gasteiger charge is -2.06. The Morgan fingerprint density at radius 1 is 0.710 bits per heavy atom. The van der Waals surface area contributed by atoms with E-state index in [0.717, 1.165) is 36.1 Å². The van der Waals surface area contributed by atoms with Gasteiger partial charge in [0.1, 0.15) is 0 Å². The average molecular weight is 422 g/mol. The summed E-state index contributed by atoms with van der Waals surface area (Å²) >= 11 is 0. The maximum absolute atomic E-state index is 14.0. The van der Waals surface area contributed by atoms with Crippen molar-refractivity contribution in [3.05, 3.63) is 100 Å². The van der Waals surface area contributed by atoms with Crippen molar-refractivity contribution < 1.29 is 22.3 Å². The molecule has 0 amide bonds. The number of halogens is 4. The SMILES string of the molecule is CCCc1ccc(C#Cc2ccc(C#Cc3ccc(OC(F)F)c(F)c3F)cc2)cc1. The molecule has 3 aromatic rings. The summed E-state index contributed by atoms with van der Waals surface area (Å²) < 4.78 is 56.0. The first-order chi connectivity index (χ1) is 15.0. The van der Waals surface area contributed by atoms with E-state index in [1.54, 1.807) is 24.3 Å². The normalized spacial score (nSPS) is 10.1. The minimum Gasteiger partial charge on any atom is -0.432 e. The number of alkyl halides is 2. The fourth-order valence-electron chi connectivity index (χ4n) is 2.78. The van der Waals surface area contributed by atoms with Crippen molar-refractivity contribution in [3.63, 3.8) is 0 Å². The summed E-state index contributed by atoms with van der Waals surface area (Å²) in [5.74, 6) is 7.69. The van der Waals surface area contributed by atoms with Crippen LogP contribution in [0.15, 0.2) is 60.7 Å². The highest BCUT2D eigenvalue weighted by Crippen LogP contribution is 2.24. The molecule has 31 heavy (non-hydrogen) atoms. The van der Waals surface area contributed by atoms with E-state index < -0.39 is 24.0 Å². The van der Waals surface area contributed by atoms with E-state index in [1.165, 1.54) is 5.56 Å². The van der Waals surface area contributed by atoms with Crippen LogP contribution in [0, 0.1) is 35.3 Å². The lowest BCUT2D eigenvalue weighted by molar-refractivity contribution is -0.0525. The van der Waals surface area contributed by atoms with Gasteiger partial charge in [0.05, 0.1) is 5.56 Å². The largest absolute Gasteiger partial charge is 0.432 e. The van der Waals surface area contributed by atoms with Crippen LogP contribution in [0.1, 0.15) is 41.2 Å². The molecule has 0 N–H and O–H groups in total. The molecule has 3 rings (SSSR count). The summed E-state index contributed by atoms with van der Waals surface area (Å²) in [6.07, 6.45) is 2.14. The van der Waals surface area contributed by atoms with Crippen LogP contribution in [0.25, 0.3) is 0 Å². The van der Waals surface area contributed by atoms with Crippen LogP contribution in [-0.2, 0) is 6.42 Å². The Kier molecular flexibility index (Phi) is 7.35. The first-order valence-corrected chi connectivity index (χ1v) is 9.62. The zero-order valence-corrected chi connectivity index (χ0v) is 16.7. The van der Waals surface area contributed by atoms with Gasteiger partial charge in [-0.15, -0.1) is 0 Å². The fraction of sp³-hybridized carbons (Fsp3) is 0.154. The third kappa shape index (κ3) is 6.14. The topological polar surface area (TPSA) is 9.23 Å². The highest BCUT2D eigenvalue weighted by Gasteiger charge is 2.16. The second-order valence-electron chi connectivity index (χ2n) is 6.64.